The van der Waals surface area contributed by atoms with Gasteiger partial charge in [0.15, 0.2) is 11.6 Å². The van der Waals surface area contributed by atoms with Crippen LogP contribution in [-0.4, -0.2) is 77.9 Å². The molecule has 5 amide bonds. The van der Waals surface area contributed by atoms with Crippen LogP contribution in [0.5, 0.6) is 5.75 Å². The van der Waals surface area contributed by atoms with E-state index in [0.717, 1.165) is 0 Å². The van der Waals surface area contributed by atoms with E-state index in [1.807, 2.05) is 34.6 Å². The Morgan fingerprint density at radius 2 is 1.38 bits per heavy atom. The Morgan fingerprint density at radius 3 is 1.90 bits per heavy atom. The number of amides is 5. The largest absolute Gasteiger partial charge is 0.504 e. The maximum atomic E-state index is 14.8. The maximum Gasteiger partial charge on any atom is 0.258 e. The average Bonchev–Trinajstić information content (AvgIpc) is 3.05. The lowest BCUT2D eigenvalue weighted by molar-refractivity contribution is -0.131. The molecule has 1 rings (SSSR count). The molecule has 0 spiro atoms. The van der Waals surface area contributed by atoms with Crippen LogP contribution in [0.1, 0.15) is 98.4 Å². The van der Waals surface area contributed by atoms with Crippen LogP contribution >= 0.6 is 9.24 Å². The monoisotopic (exact) mass is 732 g/mol. The minimum atomic E-state index is -1.91. The quantitative estimate of drug-likeness (QED) is 0.0796. The van der Waals surface area contributed by atoms with Crippen LogP contribution in [0.4, 0.5) is 13.2 Å². The molecule has 0 fully saturated rings. The van der Waals surface area contributed by atoms with Crippen molar-refractivity contribution in [3.8, 4) is 5.75 Å². The highest BCUT2D eigenvalue weighted by Gasteiger charge is 2.34. The number of phenols is 1. The average molecular weight is 733 g/mol. The number of aromatic hydroxyl groups is 1. The number of carbonyl (C=O) groups excluding carboxylic acids is 5. The van der Waals surface area contributed by atoms with Gasteiger partial charge in [-0.3, -0.25) is 24.0 Å². The molecule has 284 valence electrons. The summed E-state index contributed by atoms with van der Waals surface area (Å²) < 4.78 is 43.5. The molecule has 0 aromatic heterocycles. The highest BCUT2D eigenvalue weighted by molar-refractivity contribution is 7.27. The molecular weight excluding hydrogens is 676 g/mol. The Kier molecular flexibility index (Phi) is 18.8. The molecule has 0 saturated heterocycles. The van der Waals surface area contributed by atoms with Crippen LogP contribution in [0.15, 0.2) is 0 Å². The second-order valence-corrected chi connectivity index (χ2v) is 13.9. The molecular formula is C34H56F3N6O6P. The van der Waals surface area contributed by atoms with Gasteiger partial charge in [-0.05, 0) is 44.4 Å². The summed E-state index contributed by atoms with van der Waals surface area (Å²) in [6.45, 7) is 16.8. The van der Waals surface area contributed by atoms with Crippen LogP contribution in [0, 0.1) is 35.2 Å². The zero-order valence-corrected chi connectivity index (χ0v) is 31.7. The normalized spacial score (nSPS) is 15.0. The van der Waals surface area contributed by atoms with Crippen molar-refractivity contribution >= 4 is 44.1 Å². The zero-order chi connectivity index (χ0) is 38.5. The minimum Gasteiger partial charge on any atom is -0.504 e. The summed E-state index contributed by atoms with van der Waals surface area (Å²) in [5.74, 6) is -10.5. The van der Waals surface area contributed by atoms with E-state index >= 15 is 0 Å². The van der Waals surface area contributed by atoms with E-state index in [4.69, 9.17) is 0 Å². The van der Waals surface area contributed by atoms with Gasteiger partial charge >= 0.3 is 0 Å². The Bertz CT molecular complexity index is 1320. The van der Waals surface area contributed by atoms with Gasteiger partial charge in [0.05, 0.1) is 11.3 Å². The first-order chi connectivity index (χ1) is 23.3. The second-order valence-electron chi connectivity index (χ2n) is 13.4. The Labute approximate surface area is 295 Å². The Hall–Kier alpha value is -3.45. The van der Waals surface area contributed by atoms with Crippen LogP contribution in [0.2, 0.25) is 0 Å². The topological polar surface area (TPSA) is 178 Å². The third-order valence-electron chi connectivity index (χ3n) is 8.31. The first kappa shape index (κ1) is 44.6. The summed E-state index contributed by atoms with van der Waals surface area (Å²) in [6.07, 6.45) is 1.59. The van der Waals surface area contributed by atoms with Crippen molar-refractivity contribution in [1.29, 1.82) is 0 Å². The fourth-order valence-electron chi connectivity index (χ4n) is 5.17. The van der Waals surface area contributed by atoms with E-state index in [1.165, 1.54) is 0 Å². The van der Waals surface area contributed by atoms with Crippen molar-refractivity contribution in [2.24, 2.45) is 17.8 Å². The predicted octanol–water partition coefficient (Wildman–Crippen LogP) is 2.53. The molecule has 12 nitrogen and oxygen atoms in total. The van der Waals surface area contributed by atoms with Gasteiger partial charge in [-0.25, -0.2) is 8.78 Å². The molecule has 4 unspecified atom stereocenters. The van der Waals surface area contributed by atoms with Crippen molar-refractivity contribution in [3.05, 3.63) is 23.0 Å². The van der Waals surface area contributed by atoms with Gasteiger partial charge in [0.1, 0.15) is 29.5 Å². The van der Waals surface area contributed by atoms with E-state index in [0.29, 0.717) is 25.8 Å². The summed E-state index contributed by atoms with van der Waals surface area (Å²) in [5, 5.41) is 25.3. The standard InChI is InChI=1S/C34H56F3N6O6P/c1-10-13-21(41-34(49)27(18(8)11-2)43-32(47)22-23(35)25(37)28(44)29(50)24(22)36)31(46)40-20(14-16(4)5)15-39-19(9)30(45)42-26(17(6)7)33(48)38-12-3/h16-21,26-27,39,44H,10-15,50H2,1-9H3,(H,38,48)(H,40,46)(H,41,49)(H,42,45)(H,43,47)/t18-,19-,20?,21-,26?,27?/m0/s1. The van der Waals surface area contributed by atoms with Gasteiger partial charge in [-0.1, -0.05) is 70.5 Å². The number of halogens is 3. The lowest BCUT2D eigenvalue weighted by Gasteiger charge is -2.29. The number of nitrogens with one attached hydrogen (secondary N) is 6. The van der Waals surface area contributed by atoms with Gasteiger partial charge in [-0.2, -0.15) is 4.39 Å². The van der Waals surface area contributed by atoms with E-state index in [9.17, 15) is 42.3 Å². The molecule has 7 atom stereocenters. The molecule has 0 aliphatic heterocycles. The number of phenolic OH excluding ortho intramolecular Hbond substituents is 1. The van der Waals surface area contributed by atoms with Crippen LogP contribution in [-0.2, 0) is 19.2 Å². The summed E-state index contributed by atoms with van der Waals surface area (Å²) in [7, 11) is 1.70. The van der Waals surface area contributed by atoms with Gasteiger partial charge in [0, 0.05) is 19.1 Å². The molecule has 1 aromatic carbocycles. The first-order valence-corrected chi connectivity index (χ1v) is 17.8. The smallest absolute Gasteiger partial charge is 0.258 e. The first-order valence-electron chi connectivity index (χ1n) is 17.2. The molecule has 0 bridgehead atoms. The van der Waals surface area contributed by atoms with Crippen molar-refractivity contribution < 1.29 is 42.3 Å². The molecule has 7 N–H and O–H groups in total. The summed E-state index contributed by atoms with van der Waals surface area (Å²) in [5.41, 5.74) is -1.30. The number of likely N-dealkylation sites (N-methyl/N-ethyl adjacent to an activating group) is 1. The van der Waals surface area contributed by atoms with E-state index in [2.05, 4.69) is 31.9 Å². The van der Waals surface area contributed by atoms with Gasteiger partial charge in [0.25, 0.3) is 5.91 Å². The van der Waals surface area contributed by atoms with Gasteiger partial charge in [0.2, 0.25) is 29.4 Å². The molecule has 50 heavy (non-hydrogen) atoms. The van der Waals surface area contributed by atoms with Crippen LogP contribution in [0.25, 0.3) is 0 Å². The van der Waals surface area contributed by atoms with Crippen LogP contribution in [0.3, 0.4) is 0 Å². The summed E-state index contributed by atoms with van der Waals surface area (Å²) in [6, 6.07) is -4.29. The molecule has 0 aliphatic rings. The van der Waals surface area contributed by atoms with E-state index < -0.39 is 87.9 Å². The third kappa shape index (κ3) is 12.7. The molecule has 0 radical (unpaired) electrons. The maximum absolute atomic E-state index is 14.8. The van der Waals surface area contributed by atoms with Crippen molar-refractivity contribution in [1.82, 2.24) is 31.9 Å². The highest BCUT2D eigenvalue weighted by atomic mass is 31.0. The number of carbonyl (C=O) groups is 5. The minimum absolute atomic E-state index is 0.145. The Balaban J connectivity index is 3.13. The summed E-state index contributed by atoms with van der Waals surface area (Å²) in [4.78, 5) is 65.5. The fraction of sp³-hybridized carbons (Fsp3) is 0.676. The number of hydrogen-bond acceptors (Lipinski definition) is 7. The van der Waals surface area contributed by atoms with E-state index in [1.54, 1.807) is 36.9 Å². The second kappa shape index (κ2) is 21.0. The lowest BCUT2D eigenvalue weighted by atomic mass is 9.96. The molecule has 1 aromatic rings. The van der Waals surface area contributed by atoms with Crippen LogP contribution < -0.4 is 37.2 Å². The third-order valence-corrected chi connectivity index (χ3v) is 8.84. The zero-order valence-electron chi connectivity index (χ0n) is 30.6. The number of hydrogen-bond donors (Lipinski definition) is 7. The van der Waals surface area contributed by atoms with E-state index in [-0.39, 0.29) is 36.6 Å². The van der Waals surface area contributed by atoms with Gasteiger partial charge in [-0.15, -0.1) is 0 Å². The predicted molar refractivity (Wildman–Crippen MR) is 189 cm³/mol. The molecule has 16 heteroatoms. The lowest BCUT2D eigenvalue weighted by Crippen LogP contribution is -2.58. The molecule has 0 aliphatic carbocycles. The molecule has 0 saturated carbocycles. The number of benzene rings is 1. The molecule has 0 heterocycles. The van der Waals surface area contributed by atoms with Crippen molar-refractivity contribution in [2.75, 3.05) is 13.1 Å². The summed E-state index contributed by atoms with van der Waals surface area (Å²) >= 11 is 0. The SMILES string of the molecule is CCC[C@H](NC(=O)C(NC(=O)c1c(F)c(F)c(O)c(P)c1F)[C@@H](C)CC)C(=O)NC(CN[C@@H](C)C(=O)NC(C(=O)NCC)C(C)C)CC(C)C. The number of rotatable bonds is 20. The Morgan fingerprint density at radius 1 is 0.760 bits per heavy atom. The van der Waals surface area contributed by atoms with Gasteiger partial charge < -0.3 is 37.0 Å². The fourth-order valence-corrected chi connectivity index (χ4v) is 5.44. The highest BCUT2D eigenvalue weighted by Crippen LogP contribution is 2.25. The van der Waals surface area contributed by atoms with Crippen molar-refractivity contribution in [2.45, 2.75) is 118 Å². The van der Waals surface area contributed by atoms with Crippen molar-refractivity contribution in [3.63, 3.8) is 0 Å².